The molecular weight excluding hydrogens is 404 g/mol. The highest BCUT2D eigenvalue weighted by Gasteiger charge is 2.13. The van der Waals surface area contributed by atoms with Gasteiger partial charge in [0, 0.05) is 16.7 Å². The highest BCUT2D eigenvalue weighted by atomic mass is 19.1. The van der Waals surface area contributed by atoms with E-state index in [0.717, 1.165) is 16.7 Å². The van der Waals surface area contributed by atoms with Crippen LogP contribution in [0.1, 0.15) is 0 Å². The van der Waals surface area contributed by atoms with Crippen molar-refractivity contribution >= 4 is 0 Å². The molecule has 0 bridgehead atoms. The molecule has 0 saturated heterocycles. The minimum Gasteiger partial charge on any atom is -0.208 e. The van der Waals surface area contributed by atoms with Gasteiger partial charge < -0.3 is 0 Å². The summed E-state index contributed by atoms with van der Waals surface area (Å²) in [5.41, 5.74) is 4.35. The predicted molar refractivity (Wildman–Crippen MR) is 121 cm³/mol. The molecule has 0 aliphatic rings. The maximum Gasteiger partial charge on any atom is 0.164 e. The van der Waals surface area contributed by atoms with Crippen LogP contribution >= 0.6 is 0 Å². The Morgan fingerprint density at radius 1 is 0.344 bits per heavy atom. The average molecular weight is 421 g/mol. The molecule has 0 N–H and O–H groups in total. The number of hydrogen-bond donors (Lipinski definition) is 0. The number of rotatable bonds is 4. The lowest BCUT2D eigenvalue weighted by Crippen LogP contribution is -2.00. The van der Waals surface area contributed by atoms with Gasteiger partial charge in [-0.3, -0.25) is 0 Å². The van der Waals surface area contributed by atoms with Gasteiger partial charge in [-0.2, -0.15) is 0 Å². The molecule has 5 heteroatoms. The summed E-state index contributed by atoms with van der Waals surface area (Å²) in [7, 11) is 0. The van der Waals surface area contributed by atoms with Crippen molar-refractivity contribution in [3.63, 3.8) is 0 Å². The second kappa shape index (κ2) is 8.47. The molecule has 1 aromatic heterocycles. The number of halogens is 2. The normalized spacial score (nSPS) is 10.8. The molecule has 0 fully saturated rings. The van der Waals surface area contributed by atoms with E-state index in [1.54, 1.807) is 24.3 Å². The number of nitrogens with zero attached hydrogens (tertiary/aromatic N) is 3. The Morgan fingerprint density at radius 2 is 0.656 bits per heavy atom. The summed E-state index contributed by atoms with van der Waals surface area (Å²) in [6.07, 6.45) is 0. The summed E-state index contributed by atoms with van der Waals surface area (Å²) in [6.45, 7) is 0. The van der Waals surface area contributed by atoms with Gasteiger partial charge in [-0.25, -0.2) is 23.7 Å². The van der Waals surface area contributed by atoms with E-state index in [0.29, 0.717) is 28.6 Å². The van der Waals surface area contributed by atoms with E-state index in [4.69, 9.17) is 0 Å². The fraction of sp³-hybridized carbons (Fsp3) is 0. The van der Waals surface area contributed by atoms with Gasteiger partial charge in [0.25, 0.3) is 0 Å². The molecule has 0 amide bonds. The summed E-state index contributed by atoms with van der Waals surface area (Å²) in [6, 6.07) is 30.0. The molecule has 5 aromatic rings. The zero-order chi connectivity index (χ0) is 21.9. The number of benzene rings is 4. The molecule has 32 heavy (non-hydrogen) atoms. The highest BCUT2D eigenvalue weighted by Crippen LogP contribution is 2.27. The molecule has 5 rings (SSSR count). The van der Waals surface area contributed by atoms with Gasteiger partial charge >= 0.3 is 0 Å². The third-order valence-electron chi connectivity index (χ3n) is 5.09. The maximum atomic E-state index is 13.4. The summed E-state index contributed by atoms with van der Waals surface area (Å²) in [5.74, 6) is 0.651. The van der Waals surface area contributed by atoms with E-state index in [1.807, 2.05) is 42.5 Å². The smallest absolute Gasteiger partial charge is 0.164 e. The first kappa shape index (κ1) is 19.7. The Hall–Kier alpha value is -4.25. The van der Waals surface area contributed by atoms with Gasteiger partial charge in [-0.15, -0.1) is 0 Å². The zero-order valence-corrected chi connectivity index (χ0v) is 16.9. The van der Waals surface area contributed by atoms with E-state index in [2.05, 4.69) is 27.1 Å². The van der Waals surface area contributed by atoms with Crippen LogP contribution < -0.4 is 0 Å². The third kappa shape index (κ3) is 4.14. The summed E-state index contributed by atoms with van der Waals surface area (Å²) in [4.78, 5) is 13.8. The Morgan fingerprint density at radius 3 is 1.06 bits per heavy atom. The van der Waals surface area contributed by atoms with E-state index in [9.17, 15) is 8.78 Å². The first-order valence-corrected chi connectivity index (χ1v) is 10.1. The summed E-state index contributed by atoms with van der Waals surface area (Å²) >= 11 is 0. The van der Waals surface area contributed by atoms with Crippen LogP contribution in [0.2, 0.25) is 0 Å². The second-order valence-corrected chi connectivity index (χ2v) is 7.26. The topological polar surface area (TPSA) is 38.7 Å². The first-order valence-electron chi connectivity index (χ1n) is 10.1. The maximum absolute atomic E-state index is 13.4. The molecular formula is C27H17F2N3. The standard InChI is InChI=1S/C27H17F2N3/c28-23-14-10-21(11-15-23)26-30-25(31-27(32-26)22-12-16-24(29)17-13-22)20-8-6-19(7-9-20)18-4-2-1-3-5-18/h1-17H. The van der Waals surface area contributed by atoms with Crippen LogP contribution in [0, 0.1) is 11.6 Å². The van der Waals surface area contributed by atoms with Gasteiger partial charge in [-0.05, 0) is 59.7 Å². The quantitative estimate of drug-likeness (QED) is 0.320. The van der Waals surface area contributed by atoms with Gasteiger partial charge in [0.1, 0.15) is 11.6 Å². The highest BCUT2D eigenvalue weighted by molar-refractivity contribution is 5.70. The number of aromatic nitrogens is 3. The van der Waals surface area contributed by atoms with Gasteiger partial charge in [0.2, 0.25) is 0 Å². The average Bonchev–Trinajstić information content (AvgIpc) is 2.85. The minimum atomic E-state index is -0.335. The largest absolute Gasteiger partial charge is 0.208 e. The van der Waals surface area contributed by atoms with E-state index in [-0.39, 0.29) is 11.6 Å². The van der Waals surface area contributed by atoms with Crippen LogP contribution in [0.25, 0.3) is 45.3 Å². The molecule has 1 heterocycles. The Balaban J connectivity index is 1.60. The van der Waals surface area contributed by atoms with Crippen LogP contribution in [-0.2, 0) is 0 Å². The van der Waals surface area contributed by atoms with Gasteiger partial charge in [0.05, 0.1) is 0 Å². The van der Waals surface area contributed by atoms with Crippen LogP contribution in [0.5, 0.6) is 0 Å². The molecule has 0 aliphatic heterocycles. The van der Waals surface area contributed by atoms with Crippen molar-refractivity contribution in [1.82, 2.24) is 15.0 Å². The molecule has 0 atom stereocenters. The summed E-state index contributed by atoms with van der Waals surface area (Å²) < 4.78 is 26.8. The third-order valence-corrected chi connectivity index (χ3v) is 5.09. The lowest BCUT2D eigenvalue weighted by molar-refractivity contribution is 0.627. The Kier molecular flexibility index (Phi) is 5.22. The molecule has 154 valence electrons. The van der Waals surface area contributed by atoms with Crippen LogP contribution in [0.3, 0.4) is 0 Å². The fourth-order valence-electron chi connectivity index (χ4n) is 3.40. The monoisotopic (exact) mass is 421 g/mol. The lowest BCUT2D eigenvalue weighted by atomic mass is 10.0. The second-order valence-electron chi connectivity index (χ2n) is 7.26. The van der Waals surface area contributed by atoms with Crippen LogP contribution in [0.4, 0.5) is 8.78 Å². The van der Waals surface area contributed by atoms with Crippen molar-refractivity contribution in [2.24, 2.45) is 0 Å². The zero-order valence-electron chi connectivity index (χ0n) is 16.9. The lowest BCUT2D eigenvalue weighted by Gasteiger charge is -2.09. The van der Waals surface area contributed by atoms with Gasteiger partial charge in [0.15, 0.2) is 17.5 Å². The van der Waals surface area contributed by atoms with Crippen molar-refractivity contribution in [3.05, 3.63) is 115 Å². The molecule has 0 aliphatic carbocycles. The van der Waals surface area contributed by atoms with Crippen LogP contribution in [-0.4, -0.2) is 15.0 Å². The predicted octanol–water partition coefficient (Wildman–Crippen LogP) is 6.82. The van der Waals surface area contributed by atoms with E-state index >= 15 is 0 Å². The first-order chi connectivity index (χ1) is 15.7. The van der Waals surface area contributed by atoms with Crippen molar-refractivity contribution in [2.75, 3.05) is 0 Å². The Bertz CT molecular complexity index is 1290. The summed E-state index contributed by atoms with van der Waals surface area (Å²) in [5, 5.41) is 0. The van der Waals surface area contributed by atoms with Crippen molar-refractivity contribution in [3.8, 4) is 45.3 Å². The molecule has 4 aromatic carbocycles. The van der Waals surface area contributed by atoms with Crippen molar-refractivity contribution in [1.29, 1.82) is 0 Å². The Labute approximate surface area is 184 Å². The minimum absolute atomic E-state index is 0.335. The fourth-order valence-corrected chi connectivity index (χ4v) is 3.40. The molecule has 3 nitrogen and oxygen atoms in total. The van der Waals surface area contributed by atoms with Gasteiger partial charge in [-0.1, -0.05) is 54.6 Å². The molecule has 0 unspecified atom stereocenters. The SMILES string of the molecule is Fc1ccc(-c2nc(-c3ccc(F)cc3)nc(-c3ccc(-c4ccccc4)cc3)n2)cc1. The number of hydrogen-bond acceptors (Lipinski definition) is 3. The van der Waals surface area contributed by atoms with Crippen molar-refractivity contribution in [2.45, 2.75) is 0 Å². The molecule has 0 spiro atoms. The van der Waals surface area contributed by atoms with Crippen molar-refractivity contribution < 1.29 is 8.78 Å². The molecule has 0 radical (unpaired) electrons. The van der Waals surface area contributed by atoms with Crippen LogP contribution in [0.15, 0.2) is 103 Å². The molecule has 0 saturated carbocycles. The van der Waals surface area contributed by atoms with E-state index in [1.165, 1.54) is 24.3 Å². The van der Waals surface area contributed by atoms with E-state index < -0.39 is 0 Å².